The predicted molar refractivity (Wildman–Crippen MR) is 84.2 cm³/mol. The average molecular weight is 304 g/mol. The van der Waals surface area contributed by atoms with Crippen molar-refractivity contribution in [3.63, 3.8) is 0 Å². The summed E-state index contributed by atoms with van der Waals surface area (Å²) in [7, 11) is 0. The number of carbonyl (C=O) groups excluding carboxylic acids is 2. The second-order valence-electron chi connectivity index (χ2n) is 6.62. The van der Waals surface area contributed by atoms with E-state index in [0.29, 0.717) is 26.1 Å². The lowest BCUT2D eigenvalue weighted by molar-refractivity contribution is -0.124. The van der Waals surface area contributed by atoms with Crippen molar-refractivity contribution in [1.29, 1.82) is 0 Å². The fraction of sp³-hybridized carbons (Fsp3) is 0.529. The van der Waals surface area contributed by atoms with Gasteiger partial charge in [-0.05, 0) is 32.8 Å². The predicted octanol–water partition coefficient (Wildman–Crippen LogP) is 2.56. The summed E-state index contributed by atoms with van der Waals surface area (Å²) in [5, 5.41) is 2.93. The van der Waals surface area contributed by atoms with Crippen LogP contribution in [0.1, 0.15) is 32.8 Å². The maximum atomic E-state index is 12.2. The van der Waals surface area contributed by atoms with Crippen LogP contribution in [0.4, 0.5) is 4.79 Å². The molecule has 1 aromatic carbocycles. The Kier molecular flexibility index (Phi) is 5.06. The van der Waals surface area contributed by atoms with Crippen LogP contribution in [0.25, 0.3) is 0 Å². The van der Waals surface area contributed by atoms with Crippen LogP contribution in [0.2, 0.25) is 0 Å². The van der Waals surface area contributed by atoms with Gasteiger partial charge in [-0.1, -0.05) is 30.3 Å². The highest BCUT2D eigenvalue weighted by atomic mass is 16.6. The van der Waals surface area contributed by atoms with E-state index in [1.165, 1.54) is 0 Å². The molecular formula is C17H24N2O3. The Morgan fingerprint density at radius 1 is 1.27 bits per heavy atom. The maximum absolute atomic E-state index is 12.2. The molecule has 1 aliphatic heterocycles. The third-order valence-electron chi connectivity index (χ3n) is 3.52. The second kappa shape index (κ2) is 6.81. The molecule has 1 heterocycles. The number of ether oxygens (including phenoxy) is 1. The van der Waals surface area contributed by atoms with Gasteiger partial charge in [-0.25, -0.2) is 4.79 Å². The van der Waals surface area contributed by atoms with Crippen LogP contribution in [-0.2, 0) is 16.1 Å². The zero-order chi connectivity index (χ0) is 16.2. The van der Waals surface area contributed by atoms with Gasteiger partial charge in [0.25, 0.3) is 0 Å². The Bertz CT molecular complexity index is 522. The van der Waals surface area contributed by atoms with Crippen molar-refractivity contribution >= 4 is 12.0 Å². The molecule has 1 fully saturated rings. The molecule has 2 rings (SSSR count). The van der Waals surface area contributed by atoms with Crippen LogP contribution in [0.3, 0.4) is 0 Å². The molecule has 1 saturated heterocycles. The lowest BCUT2D eigenvalue weighted by Crippen LogP contribution is -2.37. The highest BCUT2D eigenvalue weighted by Gasteiger charge is 2.33. The van der Waals surface area contributed by atoms with Crippen LogP contribution in [0, 0.1) is 5.92 Å². The zero-order valence-corrected chi connectivity index (χ0v) is 13.5. The maximum Gasteiger partial charge on any atom is 0.410 e. The van der Waals surface area contributed by atoms with Crippen molar-refractivity contribution in [2.24, 2.45) is 5.92 Å². The number of hydrogen-bond donors (Lipinski definition) is 1. The van der Waals surface area contributed by atoms with Crippen molar-refractivity contribution in [2.75, 3.05) is 13.1 Å². The van der Waals surface area contributed by atoms with Gasteiger partial charge in [0.1, 0.15) is 5.60 Å². The molecule has 0 spiro atoms. The number of benzene rings is 1. The van der Waals surface area contributed by atoms with E-state index in [4.69, 9.17) is 4.74 Å². The Hall–Kier alpha value is -2.04. The largest absolute Gasteiger partial charge is 0.444 e. The molecule has 120 valence electrons. The molecule has 1 aliphatic rings. The first-order chi connectivity index (χ1) is 10.3. The molecule has 0 bridgehead atoms. The molecule has 5 nitrogen and oxygen atoms in total. The minimum atomic E-state index is -0.509. The van der Waals surface area contributed by atoms with E-state index in [1.807, 2.05) is 51.1 Å². The van der Waals surface area contributed by atoms with Crippen LogP contribution >= 0.6 is 0 Å². The summed E-state index contributed by atoms with van der Waals surface area (Å²) in [6.07, 6.45) is 0.339. The number of nitrogens with zero attached hydrogens (tertiary/aromatic N) is 1. The van der Waals surface area contributed by atoms with Crippen molar-refractivity contribution in [1.82, 2.24) is 10.2 Å². The third-order valence-corrected chi connectivity index (χ3v) is 3.52. The van der Waals surface area contributed by atoms with E-state index in [0.717, 1.165) is 5.56 Å². The number of nitrogens with one attached hydrogen (secondary N) is 1. The Labute approximate surface area is 131 Å². The Balaban J connectivity index is 1.80. The van der Waals surface area contributed by atoms with Gasteiger partial charge in [-0.15, -0.1) is 0 Å². The topological polar surface area (TPSA) is 58.6 Å². The molecule has 2 amide bonds. The standard InChI is InChI=1S/C17H24N2O3/c1-17(2,3)22-16(21)19-10-9-14(12-19)15(20)18-11-13-7-5-4-6-8-13/h4-8,14H,9-12H2,1-3H3,(H,18,20)/t14-/m0/s1. The van der Waals surface area contributed by atoms with Gasteiger partial charge in [0, 0.05) is 19.6 Å². The van der Waals surface area contributed by atoms with E-state index in [-0.39, 0.29) is 17.9 Å². The molecule has 0 aliphatic carbocycles. The summed E-state index contributed by atoms with van der Waals surface area (Å²) in [5.74, 6) is -0.161. The number of rotatable bonds is 3. The summed E-state index contributed by atoms with van der Waals surface area (Å²) in [6.45, 7) is 7.03. The fourth-order valence-corrected chi connectivity index (χ4v) is 2.40. The van der Waals surface area contributed by atoms with Gasteiger partial charge in [0.05, 0.1) is 5.92 Å². The summed E-state index contributed by atoms with van der Waals surface area (Å²) in [4.78, 5) is 25.8. The lowest BCUT2D eigenvalue weighted by Gasteiger charge is -2.24. The number of likely N-dealkylation sites (tertiary alicyclic amines) is 1. The van der Waals surface area contributed by atoms with Crippen molar-refractivity contribution in [3.8, 4) is 0 Å². The van der Waals surface area contributed by atoms with Gasteiger partial charge in [-0.3, -0.25) is 4.79 Å². The normalized spacial score (nSPS) is 18.1. The van der Waals surface area contributed by atoms with Crippen LogP contribution in [0.5, 0.6) is 0 Å². The van der Waals surface area contributed by atoms with Crippen molar-refractivity contribution in [2.45, 2.75) is 39.3 Å². The Morgan fingerprint density at radius 3 is 2.59 bits per heavy atom. The highest BCUT2D eigenvalue weighted by Crippen LogP contribution is 2.19. The molecular weight excluding hydrogens is 280 g/mol. The smallest absolute Gasteiger partial charge is 0.410 e. The lowest BCUT2D eigenvalue weighted by atomic mass is 10.1. The molecule has 0 aromatic heterocycles. The molecule has 22 heavy (non-hydrogen) atoms. The minimum Gasteiger partial charge on any atom is -0.444 e. The number of carbonyl (C=O) groups is 2. The van der Waals surface area contributed by atoms with E-state index in [2.05, 4.69) is 5.32 Å². The minimum absolute atomic E-state index is 0.00471. The van der Waals surface area contributed by atoms with E-state index in [9.17, 15) is 9.59 Å². The highest BCUT2D eigenvalue weighted by molar-refractivity contribution is 5.80. The van der Waals surface area contributed by atoms with Gasteiger partial charge in [-0.2, -0.15) is 0 Å². The summed E-state index contributed by atoms with van der Waals surface area (Å²) in [6, 6.07) is 9.79. The first-order valence-electron chi connectivity index (χ1n) is 7.65. The van der Waals surface area contributed by atoms with Crippen LogP contribution in [-0.4, -0.2) is 35.6 Å². The number of amides is 2. The first kappa shape index (κ1) is 16.3. The molecule has 0 saturated carbocycles. The molecule has 1 aromatic rings. The molecule has 0 unspecified atom stereocenters. The summed E-state index contributed by atoms with van der Waals surface area (Å²) in [5.41, 5.74) is 0.558. The van der Waals surface area contributed by atoms with Crippen LogP contribution < -0.4 is 5.32 Å². The summed E-state index contributed by atoms with van der Waals surface area (Å²) < 4.78 is 5.33. The monoisotopic (exact) mass is 304 g/mol. The van der Waals surface area contributed by atoms with Gasteiger partial charge >= 0.3 is 6.09 Å². The van der Waals surface area contributed by atoms with E-state index in [1.54, 1.807) is 4.90 Å². The molecule has 1 atom stereocenters. The molecule has 5 heteroatoms. The zero-order valence-electron chi connectivity index (χ0n) is 13.5. The summed E-state index contributed by atoms with van der Waals surface area (Å²) >= 11 is 0. The van der Waals surface area contributed by atoms with Gasteiger partial charge < -0.3 is 15.0 Å². The molecule has 1 N–H and O–H groups in total. The fourth-order valence-electron chi connectivity index (χ4n) is 2.40. The average Bonchev–Trinajstić information content (AvgIpc) is 2.94. The van der Waals surface area contributed by atoms with Crippen molar-refractivity contribution in [3.05, 3.63) is 35.9 Å². The Morgan fingerprint density at radius 2 is 1.95 bits per heavy atom. The van der Waals surface area contributed by atoms with Gasteiger partial charge in [0.15, 0.2) is 0 Å². The quantitative estimate of drug-likeness (QED) is 0.933. The third kappa shape index (κ3) is 4.76. The van der Waals surface area contributed by atoms with Crippen LogP contribution in [0.15, 0.2) is 30.3 Å². The number of hydrogen-bond acceptors (Lipinski definition) is 3. The SMILES string of the molecule is CC(C)(C)OC(=O)N1CC[C@H](C(=O)NCc2ccccc2)C1. The molecule has 0 radical (unpaired) electrons. The van der Waals surface area contributed by atoms with E-state index < -0.39 is 5.60 Å². The first-order valence-corrected chi connectivity index (χ1v) is 7.65. The van der Waals surface area contributed by atoms with Crippen molar-refractivity contribution < 1.29 is 14.3 Å². The second-order valence-corrected chi connectivity index (χ2v) is 6.62. The van der Waals surface area contributed by atoms with E-state index >= 15 is 0 Å². The van der Waals surface area contributed by atoms with Gasteiger partial charge in [0.2, 0.25) is 5.91 Å².